The largest absolute Gasteiger partial charge is 0.598 e. The van der Waals surface area contributed by atoms with Gasteiger partial charge in [0.1, 0.15) is 21.9 Å². The fourth-order valence-electron chi connectivity index (χ4n) is 6.94. The molecule has 0 unspecified atom stereocenters. The molecule has 0 spiro atoms. The summed E-state index contributed by atoms with van der Waals surface area (Å²) in [6.07, 6.45) is -3.23. The lowest BCUT2D eigenvalue weighted by Crippen LogP contribution is -2.69. The number of aliphatic hydroxyl groups is 1. The SMILES string of the molecule is CN1C(=O)c2cccc(OC(F)F)c2[C@H]2C[C@@H]1c1nc3ccc(-c4cnc(C5(N[S@+]([O-])C(C)(C)C)CC(O)(C(F)(F)F)C5)nc4)cc3n12. The normalized spacial score (nSPS) is 25.9. The predicted molar refractivity (Wildman–Crippen MR) is 164 cm³/mol. The van der Waals surface area contributed by atoms with E-state index in [9.17, 15) is 36.4 Å². The third-order valence-electron chi connectivity index (χ3n) is 9.38. The number of imidazole rings is 1. The van der Waals surface area contributed by atoms with Gasteiger partial charge in [-0.1, -0.05) is 12.1 Å². The van der Waals surface area contributed by atoms with Gasteiger partial charge in [-0.05, 0) is 50.6 Å². The summed E-state index contributed by atoms with van der Waals surface area (Å²) in [5.74, 6) is 0.138. The van der Waals surface area contributed by atoms with Crippen molar-refractivity contribution in [1.29, 1.82) is 0 Å². The van der Waals surface area contributed by atoms with Gasteiger partial charge in [-0.15, -0.1) is 4.72 Å². The maximum absolute atomic E-state index is 13.6. The number of hydrogen-bond donors (Lipinski definition) is 2. The molecule has 1 fully saturated rings. The third kappa shape index (κ3) is 5.02. The second kappa shape index (κ2) is 10.8. The molecule has 3 atom stereocenters. The van der Waals surface area contributed by atoms with Gasteiger partial charge >= 0.3 is 12.8 Å². The van der Waals surface area contributed by atoms with Crippen LogP contribution in [0.4, 0.5) is 22.0 Å². The number of nitrogens with zero attached hydrogens (tertiary/aromatic N) is 5. The van der Waals surface area contributed by atoms with Gasteiger partial charge in [0.15, 0.2) is 11.4 Å². The highest BCUT2D eigenvalue weighted by atomic mass is 32.2. The van der Waals surface area contributed by atoms with Crippen LogP contribution in [0.3, 0.4) is 0 Å². The molecule has 1 aliphatic carbocycles. The molecule has 254 valence electrons. The molecule has 0 saturated heterocycles. The molecule has 0 radical (unpaired) electrons. The maximum atomic E-state index is 13.6. The number of aromatic nitrogens is 4. The Bertz CT molecular complexity index is 1920. The van der Waals surface area contributed by atoms with Crippen molar-refractivity contribution in [2.75, 3.05) is 7.05 Å². The van der Waals surface area contributed by atoms with Gasteiger partial charge in [0.25, 0.3) is 5.91 Å². The van der Waals surface area contributed by atoms with Crippen LogP contribution in [0.5, 0.6) is 5.75 Å². The summed E-state index contributed by atoms with van der Waals surface area (Å²) in [7, 11) is 1.65. The molecule has 16 heteroatoms. The van der Waals surface area contributed by atoms with Gasteiger partial charge in [-0.2, -0.15) is 22.0 Å². The van der Waals surface area contributed by atoms with E-state index >= 15 is 0 Å². The second-order valence-electron chi connectivity index (χ2n) is 13.6. The van der Waals surface area contributed by atoms with Gasteiger partial charge in [-0.25, -0.2) is 15.0 Å². The van der Waals surface area contributed by atoms with E-state index in [0.29, 0.717) is 40.0 Å². The van der Waals surface area contributed by atoms with Crippen LogP contribution in [-0.2, 0) is 16.9 Å². The monoisotopic (exact) mass is 690 g/mol. The van der Waals surface area contributed by atoms with Gasteiger partial charge in [-0.3, -0.25) is 4.79 Å². The van der Waals surface area contributed by atoms with E-state index in [2.05, 4.69) is 14.7 Å². The molecular weight excluding hydrogens is 659 g/mol. The molecule has 48 heavy (non-hydrogen) atoms. The molecule has 2 aromatic carbocycles. The van der Waals surface area contributed by atoms with Gasteiger partial charge in [0.2, 0.25) is 0 Å². The van der Waals surface area contributed by atoms with Crippen molar-refractivity contribution in [3.63, 3.8) is 0 Å². The lowest BCUT2D eigenvalue weighted by Gasteiger charge is -2.52. The van der Waals surface area contributed by atoms with E-state index in [4.69, 9.17) is 9.72 Å². The van der Waals surface area contributed by atoms with Crippen LogP contribution < -0.4 is 9.46 Å². The molecule has 10 nitrogen and oxygen atoms in total. The summed E-state index contributed by atoms with van der Waals surface area (Å²) < 4.78 is 89.5. The number of carbonyl (C=O) groups is 1. The Morgan fingerprint density at radius 2 is 1.77 bits per heavy atom. The minimum atomic E-state index is -4.89. The number of hydrogen-bond acceptors (Lipinski definition) is 8. The fraction of sp³-hybridized carbons (Fsp3) is 0.438. The Morgan fingerprint density at radius 1 is 1.08 bits per heavy atom. The first-order valence-corrected chi connectivity index (χ1v) is 16.3. The van der Waals surface area contributed by atoms with E-state index in [1.165, 1.54) is 24.5 Å². The van der Waals surface area contributed by atoms with Crippen molar-refractivity contribution < 1.29 is 41.1 Å². The number of nitrogens with one attached hydrogen (secondary N) is 1. The fourth-order valence-corrected chi connectivity index (χ4v) is 7.83. The highest BCUT2D eigenvalue weighted by Gasteiger charge is 2.70. The Hall–Kier alpha value is -3.86. The highest BCUT2D eigenvalue weighted by Crippen LogP contribution is 2.55. The number of halogens is 5. The average molecular weight is 691 g/mol. The number of fused-ring (bicyclic) bond motifs is 9. The van der Waals surface area contributed by atoms with Crippen LogP contribution in [0.1, 0.15) is 79.7 Å². The predicted octanol–water partition coefficient (Wildman–Crippen LogP) is 5.55. The van der Waals surface area contributed by atoms with Crippen molar-refractivity contribution in [2.24, 2.45) is 0 Å². The van der Waals surface area contributed by atoms with Crippen LogP contribution >= 0.6 is 0 Å². The van der Waals surface area contributed by atoms with Gasteiger partial charge in [0, 0.05) is 66.8 Å². The van der Waals surface area contributed by atoms with E-state index in [-0.39, 0.29) is 23.0 Å². The Kier molecular flexibility index (Phi) is 7.37. The standard InChI is InChI=1S/C32H31F5N6O4S/c1-29(2,3)48(46)41-30(14-31(45,15-30)32(35,36)37)27-38-12-17(13-39-27)16-8-9-19-20(10-16)43-21-11-22(25(43)40-19)42(4)26(44)18-6-5-7-23(24(18)21)47-28(33)34/h5-10,12-13,21-22,28,41,45H,11,14-15H2,1-4H3/t21-,22-,30?,31?,48-/m1/s1. The summed E-state index contributed by atoms with van der Waals surface area (Å²) >= 11 is -1.79. The smallest absolute Gasteiger partial charge is 0.417 e. The van der Waals surface area contributed by atoms with Crippen molar-refractivity contribution in [1.82, 2.24) is 29.1 Å². The Labute approximate surface area is 274 Å². The summed E-state index contributed by atoms with van der Waals surface area (Å²) in [5, 5.41) is 10.3. The van der Waals surface area contributed by atoms with E-state index < -0.39 is 65.0 Å². The summed E-state index contributed by atoms with van der Waals surface area (Å²) in [6, 6.07) is 8.91. The summed E-state index contributed by atoms with van der Waals surface area (Å²) in [4.78, 5) is 28.5. The minimum absolute atomic E-state index is 0.0370. The van der Waals surface area contributed by atoms with Crippen LogP contribution in [0, 0.1) is 0 Å². The molecular formula is C32H31F5N6O4S. The number of ether oxygens (including phenoxy) is 1. The Balaban J connectivity index is 1.27. The first-order chi connectivity index (χ1) is 22.4. The van der Waals surface area contributed by atoms with Crippen LogP contribution in [-0.4, -0.2) is 70.2 Å². The van der Waals surface area contributed by atoms with Crippen molar-refractivity contribution >= 4 is 28.3 Å². The highest BCUT2D eigenvalue weighted by molar-refractivity contribution is 7.90. The zero-order valence-corrected chi connectivity index (χ0v) is 27.0. The lowest BCUT2D eigenvalue weighted by atomic mass is 9.64. The van der Waals surface area contributed by atoms with E-state index in [0.717, 1.165) is 0 Å². The first-order valence-electron chi connectivity index (χ1n) is 15.1. The molecule has 4 heterocycles. The quantitative estimate of drug-likeness (QED) is 0.199. The molecule has 7 rings (SSSR count). The van der Waals surface area contributed by atoms with Crippen LogP contribution in [0.2, 0.25) is 0 Å². The number of alkyl halides is 5. The van der Waals surface area contributed by atoms with Gasteiger partial charge in [0.05, 0.1) is 23.1 Å². The van der Waals surface area contributed by atoms with Gasteiger partial charge < -0.3 is 23.9 Å². The van der Waals surface area contributed by atoms with Crippen molar-refractivity contribution in [3.8, 4) is 16.9 Å². The molecule has 2 bridgehead atoms. The number of amides is 1. The number of carbonyl (C=O) groups excluding carboxylic acids is 1. The molecule has 1 saturated carbocycles. The number of benzene rings is 2. The molecule has 2 aliphatic heterocycles. The average Bonchev–Trinajstić information content (AvgIpc) is 3.52. The summed E-state index contributed by atoms with van der Waals surface area (Å²) in [6.45, 7) is 1.91. The topological polar surface area (TPSA) is 128 Å². The zero-order valence-electron chi connectivity index (χ0n) is 26.2. The second-order valence-corrected chi connectivity index (χ2v) is 15.5. The van der Waals surface area contributed by atoms with Crippen LogP contribution in [0.15, 0.2) is 48.8 Å². The zero-order chi connectivity index (χ0) is 34.6. The third-order valence-corrected chi connectivity index (χ3v) is 11.1. The molecule has 3 aliphatic rings. The first kappa shape index (κ1) is 32.7. The lowest BCUT2D eigenvalue weighted by molar-refractivity contribution is -0.306. The summed E-state index contributed by atoms with van der Waals surface area (Å²) in [5.41, 5.74) is -1.54. The molecule has 2 N–H and O–H groups in total. The number of rotatable bonds is 6. The minimum Gasteiger partial charge on any atom is -0.598 e. The molecule has 1 amide bonds. The van der Waals surface area contributed by atoms with Crippen molar-refractivity contribution in [2.45, 2.75) is 80.8 Å². The van der Waals surface area contributed by atoms with E-state index in [1.807, 2.05) is 10.6 Å². The van der Waals surface area contributed by atoms with E-state index in [1.54, 1.807) is 50.9 Å². The molecule has 2 aromatic heterocycles. The maximum Gasteiger partial charge on any atom is 0.417 e. The molecule has 4 aromatic rings. The van der Waals surface area contributed by atoms with Crippen molar-refractivity contribution in [3.05, 3.63) is 71.6 Å². The Morgan fingerprint density at radius 3 is 2.40 bits per heavy atom. The van der Waals surface area contributed by atoms with Crippen LogP contribution in [0.25, 0.3) is 22.2 Å².